The van der Waals surface area contributed by atoms with Crippen LogP contribution in [0.15, 0.2) is 47.3 Å². The van der Waals surface area contributed by atoms with Gasteiger partial charge in [-0.3, -0.25) is 14.6 Å². The van der Waals surface area contributed by atoms with Crippen LogP contribution in [0.4, 0.5) is 5.69 Å². The molecular formula is C18H22N4O3. The van der Waals surface area contributed by atoms with Crippen molar-refractivity contribution in [3.05, 3.63) is 48.7 Å². The molecular weight excluding hydrogens is 320 g/mol. The van der Waals surface area contributed by atoms with Gasteiger partial charge in [-0.1, -0.05) is 0 Å². The van der Waals surface area contributed by atoms with E-state index in [2.05, 4.69) is 15.2 Å². The Balaban J connectivity index is 1.44. The summed E-state index contributed by atoms with van der Waals surface area (Å²) < 4.78 is 5.19. The molecule has 2 aromatic rings. The van der Waals surface area contributed by atoms with Crippen molar-refractivity contribution in [1.29, 1.82) is 0 Å². The summed E-state index contributed by atoms with van der Waals surface area (Å²) >= 11 is 0. The lowest BCUT2D eigenvalue weighted by molar-refractivity contribution is -0.116. The summed E-state index contributed by atoms with van der Waals surface area (Å²) in [6.07, 6.45) is 6.11. The Hall–Kier alpha value is -2.67. The van der Waals surface area contributed by atoms with Gasteiger partial charge in [-0.25, -0.2) is 0 Å². The highest BCUT2D eigenvalue weighted by molar-refractivity contribution is 5.91. The number of aromatic nitrogens is 1. The zero-order valence-corrected chi connectivity index (χ0v) is 14.1. The SMILES string of the molecule is O=C(CCN1CCCN(C(=O)c2ccco2)CC1)Nc1cccnc1. The molecule has 7 heteroatoms. The van der Waals surface area contributed by atoms with Crippen molar-refractivity contribution in [3.63, 3.8) is 0 Å². The van der Waals surface area contributed by atoms with Gasteiger partial charge < -0.3 is 19.5 Å². The van der Waals surface area contributed by atoms with Crippen LogP contribution in [0.2, 0.25) is 0 Å². The normalized spacial score (nSPS) is 15.6. The maximum absolute atomic E-state index is 12.3. The number of carbonyl (C=O) groups excluding carboxylic acids is 2. The average Bonchev–Trinajstić information content (AvgIpc) is 3.06. The van der Waals surface area contributed by atoms with Crippen molar-refractivity contribution in [3.8, 4) is 0 Å². The van der Waals surface area contributed by atoms with E-state index in [1.165, 1.54) is 6.26 Å². The molecule has 0 radical (unpaired) electrons. The monoisotopic (exact) mass is 342 g/mol. The van der Waals surface area contributed by atoms with Crippen LogP contribution in [0.1, 0.15) is 23.4 Å². The minimum absolute atomic E-state index is 0.0271. The standard InChI is InChI=1S/C18H22N4O3/c23-17(20-15-4-1-7-19-14-15)6-10-21-8-3-9-22(12-11-21)18(24)16-5-2-13-25-16/h1-2,4-5,7,13-14H,3,6,8-12H2,(H,20,23). The van der Waals surface area contributed by atoms with Crippen molar-refractivity contribution < 1.29 is 14.0 Å². The first kappa shape index (κ1) is 17.2. The van der Waals surface area contributed by atoms with Gasteiger partial charge in [-0.2, -0.15) is 0 Å². The van der Waals surface area contributed by atoms with Gasteiger partial charge in [0, 0.05) is 38.8 Å². The fourth-order valence-electron chi connectivity index (χ4n) is 2.87. The highest BCUT2D eigenvalue weighted by Gasteiger charge is 2.22. The number of pyridine rings is 1. The topological polar surface area (TPSA) is 78.7 Å². The first-order valence-electron chi connectivity index (χ1n) is 8.47. The lowest BCUT2D eigenvalue weighted by Gasteiger charge is -2.21. The highest BCUT2D eigenvalue weighted by atomic mass is 16.3. The van der Waals surface area contributed by atoms with E-state index < -0.39 is 0 Å². The van der Waals surface area contributed by atoms with Crippen LogP contribution < -0.4 is 5.32 Å². The van der Waals surface area contributed by atoms with E-state index in [9.17, 15) is 9.59 Å². The number of anilines is 1. The second-order valence-electron chi connectivity index (χ2n) is 6.00. The molecule has 132 valence electrons. The highest BCUT2D eigenvalue weighted by Crippen LogP contribution is 2.10. The summed E-state index contributed by atoms with van der Waals surface area (Å²) in [4.78, 5) is 32.4. The molecule has 1 fully saturated rings. The van der Waals surface area contributed by atoms with Crippen LogP contribution in [0.5, 0.6) is 0 Å². The van der Waals surface area contributed by atoms with Gasteiger partial charge in [0.15, 0.2) is 5.76 Å². The van der Waals surface area contributed by atoms with E-state index in [0.29, 0.717) is 37.5 Å². The van der Waals surface area contributed by atoms with Crippen molar-refractivity contribution in [1.82, 2.24) is 14.8 Å². The fourth-order valence-corrected chi connectivity index (χ4v) is 2.87. The minimum Gasteiger partial charge on any atom is -0.459 e. The molecule has 0 bridgehead atoms. The third-order valence-electron chi connectivity index (χ3n) is 4.21. The van der Waals surface area contributed by atoms with Gasteiger partial charge in [0.25, 0.3) is 5.91 Å². The zero-order chi connectivity index (χ0) is 17.5. The van der Waals surface area contributed by atoms with E-state index in [4.69, 9.17) is 4.42 Å². The second-order valence-corrected chi connectivity index (χ2v) is 6.00. The fraction of sp³-hybridized carbons (Fsp3) is 0.389. The molecule has 2 aromatic heterocycles. The molecule has 0 aromatic carbocycles. The van der Waals surface area contributed by atoms with Gasteiger partial charge in [-0.15, -0.1) is 0 Å². The van der Waals surface area contributed by atoms with Crippen molar-refractivity contribution in [2.45, 2.75) is 12.8 Å². The van der Waals surface area contributed by atoms with Gasteiger partial charge in [0.05, 0.1) is 18.1 Å². The molecule has 0 spiro atoms. The molecule has 1 aliphatic rings. The quantitative estimate of drug-likeness (QED) is 0.897. The summed E-state index contributed by atoms with van der Waals surface area (Å²) in [7, 11) is 0. The Morgan fingerprint density at radius 1 is 1.16 bits per heavy atom. The lowest BCUT2D eigenvalue weighted by Crippen LogP contribution is -2.35. The number of nitrogens with zero attached hydrogens (tertiary/aromatic N) is 3. The van der Waals surface area contributed by atoms with E-state index in [1.807, 2.05) is 11.0 Å². The van der Waals surface area contributed by atoms with E-state index in [-0.39, 0.29) is 11.8 Å². The summed E-state index contributed by atoms with van der Waals surface area (Å²) in [6.45, 7) is 3.66. The summed E-state index contributed by atoms with van der Waals surface area (Å²) in [5.41, 5.74) is 0.707. The Morgan fingerprint density at radius 2 is 2.08 bits per heavy atom. The van der Waals surface area contributed by atoms with E-state index in [0.717, 1.165) is 19.5 Å². The van der Waals surface area contributed by atoms with E-state index >= 15 is 0 Å². The molecule has 0 unspecified atom stereocenters. The van der Waals surface area contributed by atoms with Gasteiger partial charge >= 0.3 is 0 Å². The van der Waals surface area contributed by atoms with Crippen LogP contribution in [-0.4, -0.2) is 59.3 Å². The molecule has 7 nitrogen and oxygen atoms in total. The van der Waals surface area contributed by atoms with E-state index in [1.54, 1.807) is 30.6 Å². The third kappa shape index (κ3) is 4.90. The Morgan fingerprint density at radius 3 is 2.84 bits per heavy atom. The molecule has 1 N–H and O–H groups in total. The van der Waals surface area contributed by atoms with Crippen LogP contribution in [-0.2, 0) is 4.79 Å². The maximum Gasteiger partial charge on any atom is 0.289 e. The van der Waals surface area contributed by atoms with Crippen LogP contribution in [0.25, 0.3) is 0 Å². The molecule has 2 amide bonds. The predicted molar refractivity (Wildman–Crippen MR) is 93.2 cm³/mol. The smallest absolute Gasteiger partial charge is 0.289 e. The summed E-state index contributed by atoms with van der Waals surface area (Å²) in [6, 6.07) is 7.01. The number of carbonyl (C=O) groups is 2. The lowest BCUT2D eigenvalue weighted by atomic mass is 10.3. The Bertz CT molecular complexity index is 688. The first-order chi connectivity index (χ1) is 12.2. The molecule has 3 rings (SSSR count). The van der Waals surface area contributed by atoms with Gasteiger partial charge in [0.1, 0.15) is 0 Å². The minimum atomic E-state index is -0.0684. The molecule has 0 saturated carbocycles. The van der Waals surface area contributed by atoms with Gasteiger partial charge in [0.2, 0.25) is 5.91 Å². The van der Waals surface area contributed by atoms with Crippen LogP contribution in [0.3, 0.4) is 0 Å². The molecule has 25 heavy (non-hydrogen) atoms. The first-order valence-corrected chi connectivity index (χ1v) is 8.47. The molecule has 1 saturated heterocycles. The predicted octanol–water partition coefficient (Wildman–Crippen LogP) is 1.85. The number of furan rings is 1. The third-order valence-corrected chi connectivity index (χ3v) is 4.21. The Labute approximate surface area is 146 Å². The summed E-state index contributed by atoms with van der Waals surface area (Å²) in [5, 5.41) is 2.84. The number of amides is 2. The second kappa shape index (κ2) is 8.43. The van der Waals surface area contributed by atoms with Gasteiger partial charge in [-0.05, 0) is 37.2 Å². The number of rotatable bonds is 5. The maximum atomic E-state index is 12.3. The largest absolute Gasteiger partial charge is 0.459 e. The average molecular weight is 342 g/mol. The van der Waals surface area contributed by atoms with Crippen molar-refractivity contribution in [2.24, 2.45) is 0 Å². The van der Waals surface area contributed by atoms with Crippen LogP contribution >= 0.6 is 0 Å². The Kier molecular flexibility index (Phi) is 5.79. The molecule has 0 aliphatic carbocycles. The van der Waals surface area contributed by atoms with Crippen molar-refractivity contribution >= 4 is 17.5 Å². The zero-order valence-electron chi connectivity index (χ0n) is 14.1. The molecule has 0 atom stereocenters. The number of hydrogen-bond donors (Lipinski definition) is 1. The number of nitrogens with one attached hydrogen (secondary N) is 1. The summed E-state index contributed by atoms with van der Waals surface area (Å²) in [5.74, 6) is 0.284. The van der Waals surface area contributed by atoms with Crippen LogP contribution in [0, 0.1) is 0 Å². The van der Waals surface area contributed by atoms with Crippen molar-refractivity contribution in [2.75, 3.05) is 38.0 Å². The molecule has 1 aliphatic heterocycles. The number of hydrogen-bond acceptors (Lipinski definition) is 5. The molecule has 3 heterocycles.